The molecule has 0 aliphatic carbocycles. The first kappa shape index (κ1) is 14.2. The SMILES string of the molecule is Cc1ccncc1C(=O)N1C2C=C(c3ccnn3C)CC1CC2. The molecular weight excluding hydrogens is 288 g/mol. The molecule has 2 bridgehead atoms. The van der Waals surface area contributed by atoms with Crippen LogP contribution in [0.3, 0.4) is 0 Å². The highest BCUT2D eigenvalue weighted by molar-refractivity contribution is 5.96. The molecule has 4 heterocycles. The molecule has 2 unspecified atom stereocenters. The zero-order valence-corrected chi connectivity index (χ0v) is 13.4. The number of pyridine rings is 1. The first-order valence-corrected chi connectivity index (χ1v) is 8.07. The molecule has 23 heavy (non-hydrogen) atoms. The van der Waals surface area contributed by atoms with E-state index in [1.54, 1.807) is 12.4 Å². The Morgan fingerprint density at radius 3 is 2.83 bits per heavy atom. The fourth-order valence-corrected chi connectivity index (χ4v) is 3.85. The van der Waals surface area contributed by atoms with Crippen molar-refractivity contribution < 1.29 is 4.79 Å². The lowest BCUT2D eigenvalue weighted by atomic mass is 9.97. The van der Waals surface area contributed by atoms with Crippen LogP contribution in [0.4, 0.5) is 0 Å². The van der Waals surface area contributed by atoms with E-state index in [-0.39, 0.29) is 18.0 Å². The molecule has 2 aromatic rings. The van der Waals surface area contributed by atoms with Crippen molar-refractivity contribution in [2.45, 2.75) is 38.3 Å². The Bertz CT molecular complexity index is 792. The van der Waals surface area contributed by atoms with Crippen LogP contribution >= 0.6 is 0 Å². The number of amides is 1. The maximum atomic E-state index is 13.0. The van der Waals surface area contributed by atoms with Crippen LogP contribution in [0.1, 0.15) is 40.9 Å². The lowest BCUT2D eigenvalue weighted by Crippen LogP contribution is -2.43. The smallest absolute Gasteiger partial charge is 0.256 e. The van der Waals surface area contributed by atoms with Gasteiger partial charge in [-0.15, -0.1) is 0 Å². The number of carbonyl (C=O) groups excluding carboxylic acids is 1. The first-order chi connectivity index (χ1) is 11.1. The van der Waals surface area contributed by atoms with Crippen LogP contribution in [0.5, 0.6) is 0 Å². The third-order valence-corrected chi connectivity index (χ3v) is 5.05. The van der Waals surface area contributed by atoms with Crippen molar-refractivity contribution >= 4 is 11.5 Å². The molecule has 2 aliphatic heterocycles. The average Bonchev–Trinajstić information content (AvgIpc) is 3.08. The van der Waals surface area contributed by atoms with E-state index in [0.29, 0.717) is 0 Å². The zero-order valence-electron chi connectivity index (χ0n) is 13.4. The van der Waals surface area contributed by atoms with Gasteiger partial charge < -0.3 is 4.90 Å². The second kappa shape index (κ2) is 5.33. The van der Waals surface area contributed by atoms with Gasteiger partial charge in [0.05, 0.1) is 17.3 Å². The summed E-state index contributed by atoms with van der Waals surface area (Å²) in [6.45, 7) is 1.97. The average molecular weight is 308 g/mol. The first-order valence-electron chi connectivity index (χ1n) is 8.07. The lowest BCUT2D eigenvalue weighted by molar-refractivity contribution is 0.0691. The second-order valence-corrected chi connectivity index (χ2v) is 6.44. The summed E-state index contributed by atoms with van der Waals surface area (Å²) in [6.07, 6.45) is 10.5. The summed E-state index contributed by atoms with van der Waals surface area (Å²) in [5, 5.41) is 4.26. The quantitative estimate of drug-likeness (QED) is 0.857. The molecule has 2 aromatic heterocycles. The largest absolute Gasteiger partial charge is 0.329 e. The van der Waals surface area contributed by atoms with Gasteiger partial charge in [-0.3, -0.25) is 14.5 Å². The molecule has 0 N–H and O–H groups in total. The Hall–Kier alpha value is -2.43. The van der Waals surface area contributed by atoms with Crippen LogP contribution < -0.4 is 0 Å². The zero-order chi connectivity index (χ0) is 16.0. The van der Waals surface area contributed by atoms with E-state index in [0.717, 1.165) is 36.1 Å². The van der Waals surface area contributed by atoms with Crippen molar-refractivity contribution in [2.75, 3.05) is 0 Å². The molecule has 4 rings (SSSR count). The molecule has 1 saturated heterocycles. The summed E-state index contributed by atoms with van der Waals surface area (Å²) in [6, 6.07) is 4.41. The van der Waals surface area contributed by atoms with Gasteiger partial charge >= 0.3 is 0 Å². The summed E-state index contributed by atoms with van der Waals surface area (Å²) in [5.74, 6) is 0.114. The minimum Gasteiger partial charge on any atom is -0.329 e. The van der Waals surface area contributed by atoms with Gasteiger partial charge in [-0.2, -0.15) is 5.10 Å². The Morgan fingerprint density at radius 2 is 2.13 bits per heavy atom. The summed E-state index contributed by atoms with van der Waals surface area (Å²) in [4.78, 5) is 19.2. The van der Waals surface area contributed by atoms with Crippen molar-refractivity contribution in [3.63, 3.8) is 0 Å². The lowest BCUT2D eigenvalue weighted by Gasteiger charge is -2.34. The molecule has 0 aromatic carbocycles. The van der Waals surface area contributed by atoms with Gasteiger partial charge in [0.15, 0.2) is 0 Å². The molecule has 1 fully saturated rings. The van der Waals surface area contributed by atoms with Crippen LogP contribution in [0.15, 0.2) is 36.8 Å². The molecule has 0 radical (unpaired) electrons. The number of carbonyl (C=O) groups is 1. The fraction of sp³-hybridized carbons (Fsp3) is 0.389. The van der Waals surface area contributed by atoms with Gasteiger partial charge in [0.25, 0.3) is 5.91 Å². The number of nitrogens with zero attached hydrogens (tertiary/aromatic N) is 4. The van der Waals surface area contributed by atoms with E-state index in [1.807, 2.05) is 37.0 Å². The number of rotatable bonds is 2. The van der Waals surface area contributed by atoms with Crippen molar-refractivity contribution in [3.8, 4) is 0 Å². The Kier molecular flexibility index (Phi) is 3.29. The summed E-state index contributed by atoms with van der Waals surface area (Å²) in [7, 11) is 1.97. The number of hydrogen-bond acceptors (Lipinski definition) is 3. The minimum atomic E-state index is 0.114. The third-order valence-electron chi connectivity index (χ3n) is 5.05. The maximum Gasteiger partial charge on any atom is 0.256 e. The standard InChI is InChI=1S/C18H20N4O/c1-12-5-7-19-11-16(12)18(23)22-14-3-4-15(22)10-13(9-14)17-6-8-20-21(17)2/h5-9,11,14-15H,3-4,10H2,1-2H3. The number of aryl methyl sites for hydroxylation is 2. The van der Waals surface area contributed by atoms with Crippen LogP contribution in [-0.4, -0.2) is 37.7 Å². The van der Waals surface area contributed by atoms with Gasteiger partial charge in [0.1, 0.15) is 0 Å². The molecule has 2 aliphatic rings. The highest BCUT2D eigenvalue weighted by Gasteiger charge is 2.40. The predicted octanol–water partition coefficient (Wildman–Crippen LogP) is 2.58. The highest BCUT2D eigenvalue weighted by atomic mass is 16.2. The molecule has 118 valence electrons. The molecule has 1 amide bonds. The van der Waals surface area contributed by atoms with Gasteiger partial charge in [0, 0.05) is 31.7 Å². The van der Waals surface area contributed by atoms with Crippen molar-refractivity contribution in [1.82, 2.24) is 19.7 Å². The fourth-order valence-electron chi connectivity index (χ4n) is 3.85. The summed E-state index contributed by atoms with van der Waals surface area (Å²) in [5.41, 5.74) is 4.18. The van der Waals surface area contributed by atoms with Crippen molar-refractivity contribution in [2.24, 2.45) is 7.05 Å². The maximum absolute atomic E-state index is 13.0. The van der Waals surface area contributed by atoms with Crippen LogP contribution in [-0.2, 0) is 7.05 Å². The second-order valence-electron chi connectivity index (χ2n) is 6.44. The number of hydrogen-bond donors (Lipinski definition) is 0. The number of fused-ring (bicyclic) bond motifs is 2. The Labute approximate surface area is 135 Å². The number of aromatic nitrogens is 3. The topological polar surface area (TPSA) is 51.0 Å². The van der Waals surface area contributed by atoms with Crippen LogP contribution in [0.2, 0.25) is 0 Å². The van der Waals surface area contributed by atoms with E-state index < -0.39 is 0 Å². The van der Waals surface area contributed by atoms with Gasteiger partial charge in [0.2, 0.25) is 0 Å². The van der Waals surface area contributed by atoms with E-state index in [4.69, 9.17) is 0 Å². The van der Waals surface area contributed by atoms with Crippen LogP contribution in [0.25, 0.3) is 5.57 Å². The van der Waals surface area contributed by atoms with Crippen molar-refractivity contribution in [1.29, 1.82) is 0 Å². The summed E-state index contributed by atoms with van der Waals surface area (Å²) < 4.78 is 1.91. The molecule has 5 heteroatoms. The minimum absolute atomic E-state index is 0.114. The van der Waals surface area contributed by atoms with E-state index in [2.05, 4.69) is 21.1 Å². The molecule has 0 spiro atoms. The van der Waals surface area contributed by atoms with Crippen molar-refractivity contribution in [3.05, 3.63) is 53.6 Å². The van der Waals surface area contributed by atoms with Gasteiger partial charge in [-0.1, -0.05) is 6.08 Å². The highest BCUT2D eigenvalue weighted by Crippen LogP contribution is 2.39. The third kappa shape index (κ3) is 2.27. The Balaban J connectivity index is 1.66. The molecule has 0 saturated carbocycles. The van der Waals surface area contributed by atoms with E-state index in [9.17, 15) is 4.79 Å². The summed E-state index contributed by atoms with van der Waals surface area (Å²) >= 11 is 0. The van der Waals surface area contributed by atoms with Gasteiger partial charge in [-0.05, 0) is 49.5 Å². The Morgan fingerprint density at radius 1 is 1.26 bits per heavy atom. The van der Waals surface area contributed by atoms with Gasteiger partial charge in [-0.25, -0.2) is 0 Å². The molecular formula is C18H20N4O. The van der Waals surface area contributed by atoms with E-state index in [1.165, 1.54) is 5.57 Å². The normalized spacial score (nSPS) is 23.0. The van der Waals surface area contributed by atoms with E-state index >= 15 is 0 Å². The molecule has 5 nitrogen and oxygen atoms in total. The van der Waals surface area contributed by atoms with Crippen LogP contribution in [0, 0.1) is 6.92 Å². The predicted molar refractivity (Wildman–Crippen MR) is 87.8 cm³/mol. The molecule has 2 atom stereocenters. The monoisotopic (exact) mass is 308 g/mol.